The normalized spacial score (nSPS) is 36.2. The topological polar surface area (TPSA) is 52.6 Å². The van der Waals surface area contributed by atoms with Gasteiger partial charge in [0.2, 0.25) is 0 Å². The first kappa shape index (κ1) is 19.2. The van der Waals surface area contributed by atoms with E-state index in [0.29, 0.717) is 23.0 Å². The molecule has 3 aliphatic carbocycles. The maximum Gasteiger partial charge on any atom is 0.333 e. The Morgan fingerprint density at radius 2 is 1.31 bits per heavy atom. The highest BCUT2D eigenvalue weighted by atomic mass is 16.6. The highest BCUT2D eigenvalue weighted by Crippen LogP contribution is 2.52. The largest absolute Gasteiger partial charge is 0.459 e. The monoisotopic (exact) mass is 360 g/mol. The van der Waals surface area contributed by atoms with E-state index in [1.807, 2.05) is 0 Å². The summed E-state index contributed by atoms with van der Waals surface area (Å²) in [6, 6.07) is 0. The molecule has 6 atom stereocenters. The van der Waals surface area contributed by atoms with Crippen molar-refractivity contribution >= 4 is 11.9 Å². The number of ether oxygens (including phenoxy) is 2. The van der Waals surface area contributed by atoms with Crippen LogP contribution in [-0.2, 0) is 19.1 Å². The molecule has 0 aromatic carbocycles. The van der Waals surface area contributed by atoms with Crippen LogP contribution >= 0.6 is 0 Å². The Labute approximate surface area is 157 Å². The van der Waals surface area contributed by atoms with Gasteiger partial charge in [-0.15, -0.1) is 0 Å². The molecule has 0 N–H and O–H groups in total. The number of rotatable bonds is 4. The van der Waals surface area contributed by atoms with E-state index in [0.717, 1.165) is 25.2 Å². The molecule has 0 amide bonds. The summed E-state index contributed by atoms with van der Waals surface area (Å²) < 4.78 is 11.7. The molecule has 3 rings (SSSR count). The van der Waals surface area contributed by atoms with Gasteiger partial charge >= 0.3 is 11.9 Å². The summed E-state index contributed by atoms with van der Waals surface area (Å²) in [5.41, 5.74) is 0.900. The van der Waals surface area contributed by atoms with E-state index < -0.39 is 0 Å². The predicted octanol–water partition coefficient (Wildman–Crippen LogP) is 4.59. The zero-order chi connectivity index (χ0) is 18.8. The Bertz CT molecular complexity index is 593. The van der Waals surface area contributed by atoms with Crippen molar-refractivity contribution in [2.24, 2.45) is 23.7 Å². The maximum absolute atomic E-state index is 12.2. The number of hydrogen-bond donors (Lipinski definition) is 0. The number of fused-ring (bicyclic) bond motifs is 3. The molecule has 144 valence electrons. The van der Waals surface area contributed by atoms with E-state index >= 15 is 0 Å². The molecule has 0 saturated heterocycles. The van der Waals surface area contributed by atoms with Crippen molar-refractivity contribution in [3.63, 3.8) is 0 Å². The standard InChI is InChI=1S/C22H32O4/c1-13(2)21(23)25-18-11-12-19(26-22(24)14(3)4)20-16-8-6-5-7-15(16)9-10-17(18)20/h15-20H,1,3,5-12H2,2,4H3/t15?,16?,17?,18-,19+,20?/m0/s1. The van der Waals surface area contributed by atoms with Gasteiger partial charge in [0.15, 0.2) is 0 Å². The molecule has 0 spiro atoms. The van der Waals surface area contributed by atoms with Crippen molar-refractivity contribution in [1.29, 1.82) is 0 Å². The molecular formula is C22H32O4. The lowest BCUT2D eigenvalue weighted by atomic mass is 9.56. The van der Waals surface area contributed by atoms with Gasteiger partial charge in [0.25, 0.3) is 0 Å². The summed E-state index contributed by atoms with van der Waals surface area (Å²) in [7, 11) is 0. The van der Waals surface area contributed by atoms with Crippen LogP contribution < -0.4 is 0 Å². The van der Waals surface area contributed by atoms with Gasteiger partial charge < -0.3 is 9.47 Å². The molecule has 4 nitrogen and oxygen atoms in total. The van der Waals surface area contributed by atoms with Crippen LogP contribution in [0.25, 0.3) is 0 Å². The second-order valence-corrected chi connectivity index (χ2v) is 8.55. The van der Waals surface area contributed by atoms with E-state index in [4.69, 9.17) is 9.47 Å². The minimum absolute atomic E-state index is 0.0742. The van der Waals surface area contributed by atoms with Crippen LogP contribution in [0.5, 0.6) is 0 Å². The zero-order valence-corrected chi connectivity index (χ0v) is 16.2. The molecule has 0 bridgehead atoms. The molecule has 0 radical (unpaired) electrons. The summed E-state index contributed by atoms with van der Waals surface area (Å²) in [5, 5.41) is 0. The molecular weight excluding hydrogens is 328 g/mol. The second-order valence-electron chi connectivity index (χ2n) is 8.55. The zero-order valence-electron chi connectivity index (χ0n) is 16.2. The average Bonchev–Trinajstić information content (AvgIpc) is 2.62. The Hall–Kier alpha value is -1.58. The summed E-state index contributed by atoms with van der Waals surface area (Å²) in [6.07, 6.45) is 8.67. The van der Waals surface area contributed by atoms with E-state index in [1.165, 1.54) is 32.1 Å². The fraction of sp³-hybridized carbons (Fsp3) is 0.727. The van der Waals surface area contributed by atoms with Crippen molar-refractivity contribution in [3.05, 3.63) is 24.3 Å². The summed E-state index contributed by atoms with van der Waals surface area (Å²) in [6.45, 7) is 10.8. The maximum atomic E-state index is 12.2. The van der Waals surface area contributed by atoms with Gasteiger partial charge in [0, 0.05) is 23.0 Å². The van der Waals surface area contributed by atoms with E-state index in [1.54, 1.807) is 13.8 Å². The third-order valence-corrected chi connectivity index (χ3v) is 6.68. The van der Waals surface area contributed by atoms with Gasteiger partial charge in [-0.3, -0.25) is 0 Å². The van der Waals surface area contributed by atoms with Crippen molar-refractivity contribution in [2.45, 2.75) is 77.4 Å². The van der Waals surface area contributed by atoms with Crippen LogP contribution in [0.2, 0.25) is 0 Å². The van der Waals surface area contributed by atoms with Crippen LogP contribution in [0.4, 0.5) is 0 Å². The fourth-order valence-electron chi connectivity index (χ4n) is 5.50. The lowest BCUT2D eigenvalue weighted by Crippen LogP contribution is -2.52. The van der Waals surface area contributed by atoms with Gasteiger partial charge in [0.05, 0.1) is 0 Å². The molecule has 3 saturated carbocycles. The Balaban J connectivity index is 1.81. The van der Waals surface area contributed by atoms with E-state index in [-0.39, 0.29) is 30.1 Å². The van der Waals surface area contributed by atoms with Gasteiger partial charge in [-0.1, -0.05) is 32.4 Å². The van der Waals surface area contributed by atoms with Crippen LogP contribution in [0.1, 0.15) is 65.2 Å². The number of esters is 2. The smallest absolute Gasteiger partial charge is 0.333 e. The number of carbonyl (C=O) groups excluding carboxylic acids is 2. The number of carbonyl (C=O) groups is 2. The van der Waals surface area contributed by atoms with Crippen LogP contribution in [0.3, 0.4) is 0 Å². The molecule has 4 unspecified atom stereocenters. The average molecular weight is 360 g/mol. The van der Waals surface area contributed by atoms with E-state index in [2.05, 4.69) is 13.2 Å². The lowest BCUT2D eigenvalue weighted by Gasteiger charge is -2.52. The molecule has 3 aliphatic rings. The van der Waals surface area contributed by atoms with Crippen LogP contribution in [0, 0.1) is 23.7 Å². The Morgan fingerprint density at radius 1 is 0.731 bits per heavy atom. The van der Waals surface area contributed by atoms with Crippen molar-refractivity contribution in [3.8, 4) is 0 Å². The van der Waals surface area contributed by atoms with Gasteiger partial charge in [0.1, 0.15) is 12.2 Å². The molecule has 3 fully saturated rings. The van der Waals surface area contributed by atoms with Crippen LogP contribution in [-0.4, -0.2) is 24.1 Å². The molecule has 0 aromatic rings. The third kappa shape index (κ3) is 3.89. The van der Waals surface area contributed by atoms with Crippen molar-refractivity contribution in [2.75, 3.05) is 0 Å². The quantitative estimate of drug-likeness (QED) is 0.543. The second kappa shape index (κ2) is 7.98. The first-order chi connectivity index (χ1) is 12.4. The molecule has 0 heterocycles. The predicted molar refractivity (Wildman–Crippen MR) is 100 cm³/mol. The minimum atomic E-state index is -0.295. The highest BCUT2D eigenvalue weighted by Gasteiger charge is 2.51. The van der Waals surface area contributed by atoms with Gasteiger partial charge in [-0.2, -0.15) is 0 Å². The van der Waals surface area contributed by atoms with E-state index in [9.17, 15) is 9.59 Å². The summed E-state index contributed by atoms with van der Waals surface area (Å²) in [5.74, 6) is 1.31. The first-order valence-electron chi connectivity index (χ1n) is 10.1. The van der Waals surface area contributed by atoms with Crippen LogP contribution in [0.15, 0.2) is 24.3 Å². The van der Waals surface area contributed by atoms with Gasteiger partial charge in [-0.05, 0) is 57.8 Å². The third-order valence-electron chi connectivity index (χ3n) is 6.68. The fourth-order valence-corrected chi connectivity index (χ4v) is 5.50. The molecule has 4 heteroatoms. The minimum Gasteiger partial charge on any atom is -0.459 e. The Morgan fingerprint density at radius 3 is 1.96 bits per heavy atom. The summed E-state index contributed by atoms with van der Waals surface area (Å²) >= 11 is 0. The molecule has 0 aromatic heterocycles. The van der Waals surface area contributed by atoms with Gasteiger partial charge in [-0.25, -0.2) is 9.59 Å². The SMILES string of the molecule is C=C(C)C(=O)O[C@H]1CC[C@@H](OC(=O)C(=C)C)C2C3CCCCC3CCC21. The Kier molecular flexibility index (Phi) is 5.89. The summed E-state index contributed by atoms with van der Waals surface area (Å²) in [4.78, 5) is 24.3. The highest BCUT2D eigenvalue weighted by molar-refractivity contribution is 5.87. The first-order valence-corrected chi connectivity index (χ1v) is 10.1. The molecule has 26 heavy (non-hydrogen) atoms. The van der Waals surface area contributed by atoms with Crippen molar-refractivity contribution in [1.82, 2.24) is 0 Å². The number of hydrogen-bond acceptors (Lipinski definition) is 4. The van der Waals surface area contributed by atoms with Crippen molar-refractivity contribution < 1.29 is 19.1 Å². The lowest BCUT2D eigenvalue weighted by molar-refractivity contribution is -0.176. The molecule has 0 aliphatic heterocycles.